The van der Waals surface area contributed by atoms with E-state index in [1.54, 1.807) is 19.9 Å². The predicted molar refractivity (Wildman–Crippen MR) is 111 cm³/mol. The fourth-order valence-corrected chi connectivity index (χ4v) is 2.47. The van der Waals surface area contributed by atoms with E-state index in [2.05, 4.69) is 32.9 Å². The van der Waals surface area contributed by atoms with Gasteiger partial charge in [-0.3, -0.25) is 4.79 Å². The molecule has 0 amide bonds. The summed E-state index contributed by atoms with van der Waals surface area (Å²) >= 11 is 0. The van der Waals surface area contributed by atoms with Crippen LogP contribution < -0.4 is 0 Å². The topological polar surface area (TPSA) is 57.5 Å². The lowest BCUT2D eigenvalue weighted by molar-refractivity contribution is -0.124. The highest BCUT2D eigenvalue weighted by molar-refractivity contribution is 5.81. The zero-order valence-corrected chi connectivity index (χ0v) is 17.4. The van der Waals surface area contributed by atoms with E-state index in [1.165, 1.54) is 5.57 Å². The average molecular weight is 363 g/mol. The highest BCUT2D eigenvalue weighted by atomic mass is 16.3. The highest BCUT2D eigenvalue weighted by Gasteiger charge is 2.19. The molecule has 3 unspecified atom stereocenters. The molecule has 3 nitrogen and oxygen atoms in total. The van der Waals surface area contributed by atoms with Crippen molar-refractivity contribution in [2.45, 2.75) is 79.4 Å². The Labute approximate surface area is 160 Å². The van der Waals surface area contributed by atoms with Crippen LogP contribution in [-0.4, -0.2) is 28.2 Å². The molecule has 0 bridgehead atoms. The monoisotopic (exact) mass is 362 g/mol. The summed E-state index contributed by atoms with van der Waals surface area (Å²) < 4.78 is 0. The Morgan fingerprint density at radius 2 is 1.69 bits per heavy atom. The fraction of sp³-hybridized carbons (Fsp3) is 0.609. The first-order chi connectivity index (χ1) is 12.2. The number of ketones is 1. The summed E-state index contributed by atoms with van der Waals surface area (Å²) in [5.74, 6) is 0.304. The Kier molecular flexibility index (Phi) is 12.9. The minimum Gasteiger partial charge on any atom is -0.393 e. The molecule has 3 heteroatoms. The molecule has 0 rings (SSSR count). The summed E-state index contributed by atoms with van der Waals surface area (Å²) in [7, 11) is 0. The molecule has 2 N–H and O–H groups in total. The van der Waals surface area contributed by atoms with Gasteiger partial charge >= 0.3 is 0 Å². The van der Waals surface area contributed by atoms with Crippen molar-refractivity contribution in [2.75, 3.05) is 0 Å². The van der Waals surface area contributed by atoms with E-state index in [9.17, 15) is 15.0 Å². The fourth-order valence-electron chi connectivity index (χ4n) is 2.47. The zero-order chi connectivity index (χ0) is 20.1. The summed E-state index contributed by atoms with van der Waals surface area (Å²) in [6.45, 7) is 11.8. The molecule has 0 spiro atoms. The number of carbonyl (C=O) groups excluding carboxylic acids is 1. The molecule has 0 aromatic heterocycles. The minimum absolute atomic E-state index is 0.0830. The highest BCUT2D eigenvalue weighted by Crippen LogP contribution is 2.18. The van der Waals surface area contributed by atoms with Crippen LogP contribution in [0.3, 0.4) is 0 Å². The van der Waals surface area contributed by atoms with Crippen molar-refractivity contribution >= 4 is 5.78 Å². The third-order valence-corrected chi connectivity index (χ3v) is 4.58. The molecule has 0 aliphatic rings. The van der Waals surface area contributed by atoms with Gasteiger partial charge in [0.15, 0.2) is 0 Å². The van der Waals surface area contributed by atoms with Gasteiger partial charge in [0.2, 0.25) is 0 Å². The second-order valence-electron chi connectivity index (χ2n) is 7.47. The van der Waals surface area contributed by atoms with Crippen LogP contribution in [0.1, 0.15) is 67.2 Å². The van der Waals surface area contributed by atoms with Crippen molar-refractivity contribution in [1.29, 1.82) is 0 Å². The number of Topliss-reactive ketones (excluding diaryl/α,β-unsaturated/α-hetero) is 1. The Morgan fingerprint density at radius 1 is 1.04 bits per heavy atom. The Hall–Kier alpha value is -1.45. The van der Waals surface area contributed by atoms with Gasteiger partial charge in [-0.05, 0) is 51.5 Å². The quantitative estimate of drug-likeness (QED) is 0.373. The van der Waals surface area contributed by atoms with Crippen molar-refractivity contribution in [3.63, 3.8) is 0 Å². The number of carbonyl (C=O) groups is 1. The number of allylic oxidation sites excluding steroid dienone is 6. The van der Waals surface area contributed by atoms with Gasteiger partial charge in [-0.25, -0.2) is 0 Å². The lowest BCUT2D eigenvalue weighted by Gasteiger charge is -2.17. The number of hydrogen-bond donors (Lipinski definition) is 2. The van der Waals surface area contributed by atoms with Crippen LogP contribution in [-0.2, 0) is 4.79 Å². The van der Waals surface area contributed by atoms with E-state index in [4.69, 9.17) is 0 Å². The van der Waals surface area contributed by atoms with E-state index in [0.717, 1.165) is 18.4 Å². The molecule has 0 aliphatic carbocycles. The van der Waals surface area contributed by atoms with Gasteiger partial charge in [0.1, 0.15) is 5.78 Å². The third kappa shape index (κ3) is 12.0. The number of aliphatic hydroxyl groups excluding tert-OH is 2. The molecule has 0 heterocycles. The second-order valence-corrected chi connectivity index (χ2v) is 7.47. The van der Waals surface area contributed by atoms with Gasteiger partial charge in [0, 0.05) is 12.3 Å². The number of aliphatic hydroxyl groups is 2. The molecule has 0 saturated heterocycles. The summed E-state index contributed by atoms with van der Waals surface area (Å²) in [6, 6.07) is 0. The molecule has 4 atom stereocenters. The normalized spacial score (nSPS) is 18.3. The Morgan fingerprint density at radius 3 is 2.27 bits per heavy atom. The molecule has 0 aromatic rings. The van der Waals surface area contributed by atoms with E-state index in [-0.39, 0.29) is 18.1 Å². The van der Waals surface area contributed by atoms with Gasteiger partial charge in [-0.2, -0.15) is 0 Å². The van der Waals surface area contributed by atoms with E-state index in [0.29, 0.717) is 12.3 Å². The van der Waals surface area contributed by atoms with Crippen LogP contribution >= 0.6 is 0 Å². The third-order valence-electron chi connectivity index (χ3n) is 4.58. The summed E-state index contributed by atoms with van der Waals surface area (Å²) in [5, 5.41) is 19.4. The largest absolute Gasteiger partial charge is 0.393 e. The number of hydrogen-bond acceptors (Lipinski definition) is 3. The summed E-state index contributed by atoms with van der Waals surface area (Å²) in [6.07, 6.45) is 13.4. The van der Waals surface area contributed by atoms with Gasteiger partial charge in [0.25, 0.3) is 0 Å². The molecule has 0 fully saturated rings. The van der Waals surface area contributed by atoms with E-state index >= 15 is 0 Å². The maximum atomic E-state index is 12.3. The van der Waals surface area contributed by atoms with Crippen LogP contribution in [0.15, 0.2) is 47.6 Å². The molecule has 0 saturated carbocycles. The van der Waals surface area contributed by atoms with Crippen molar-refractivity contribution in [1.82, 2.24) is 0 Å². The van der Waals surface area contributed by atoms with Crippen LogP contribution in [0.5, 0.6) is 0 Å². The zero-order valence-electron chi connectivity index (χ0n) is 17.4. The average Bonchev–Trinajstić information content (AvgIpc) is 2.58. The van der Waals surface area contributed by atoms with Crippen molar-refractivity contribution < 1.29 is 15.0 Å². The molecule has 0 aliphatic heterocycles. The Bertz CT molecular complexity index is 524. The first-order valence-corrected chi connectivity index (χ1v) is 9.73. The standard InChI is InChI=1S/C23H38O3/c1-7-17(2)11-9-8-10-12-18(3)15-20(5)23(26)16-22(25)19(4)13-14-21(6)24/h8-13,18,20-22,24-25H,7,14-16H2,1-6H3/b9-8+,12-10+,17-11+,19-13+/t18-,20?,21?,22?/m1/s1. The van der Waals surface area contributed by atoms with E-state index < -0.39 is 12.2 Å². The first kappa shape index (κ1) is 24.6. The molecule has 148 valence electrons. The van der Waals surface area contributed by atoms with Gasteiger partial charge in [0.05, 0.1) is 12.2 Å². The van der Waals surface area contributed by atoms with Crippen molar-refractivity contribution in [3.8, 4) is 0 Å². The van der Waals surface area contributed by atoms with Crippen LogP contribution in [0.25, 0.3) is 0 Å². The number of rotatable bonds is 12. The SMILES string of the molecule is CC/C(C)=C/C=C/C=C/[C@@H](C)CC(C)C(=O)CC(O)/C(C)=C/CC(C)O. The van der Waals surface area contributed by atoms with Gasteiger partial charge in [-0.1, -0.05) is 62.8 Å². The summed E-state index contributed by atoms with van der Waals surface area (Å²) in [5.41, 5.74) is 2.10. The maximum absolute atomic E-state index is 12.3. The van der Waals surface area contributed by atoms with Crippen LogP contribution in [0, 0.1) is 11.8 Å². The molecule has 0 aromatic carbocycles. The smallest absolute Gasteiger partial charge is 0.138 e. The van der Waals surface area contributed by atoms with Crippen molar-refractivity contribution in [3.05, 3.63) is 47.6 Å². The lowest BCUT2D eigenvalue weighted by Crippen LogP contribution is -2.21. The molecular weight excluding hydrogens is 324 g/mol. The van der Waals surface area contributed by atoms with E-state index in [1.807, 2.05) is 25.2 Å². The van der Waals surface area contributed by atoms with Gasteiger partial charge in [-0.15, -0.1) is 0 Å². The van der Waals surface area contributed by atoms with Crippen LogP contribution in [0.2, 0.25) is 0 Å². The minimum atomic E-state index is -0.758. The van der Waals surface area contributed by atoms with Crippen molar-refractivity contribution in [2.24, 2.45) is 11.8 Å². The first-order valence-electron chi connectivity index (χ1n) is 9.73. The van der Waals surface area contributed by atoms with Gasteiger partial charge < -0.3 is 10.2 Å². The molecule has 26 heavy (non-hydrogen) atoms. The second kappa shape index (κ2) is 13.7. The lowest BCUT2D eigenvalue weighted by atomic mass is 9.90. The maximum Gasteiger partial charge on any atom is 0.138 e. The Balaban J connectivity index is 4.42. The molecular formula is C23H38O3. The molecule has 0 radical (unpaired) electrons. The summed E-state index contributed by atoms with van der Waals surface area (Å²) in [4.78, 5) is 12.3. The van der Waals surface area contributed by atoms with Crippen LogP contribution in [0.4, 0.5) is 0 Å². The predicted octanol–water partition coefficient (Wildman–Crippen LogP) is 5.15.